The predicted molar refractivity (Wildman–Crippen MR) is 91.8 cm³/mol. The Morgan fingerprint density at radius 1 is 1.33 bits per heavy atom. The van der Waals surface area contributed by atoms with E-state index in [2.05, 4.69) is 10.7 Å². The van der Waals surface area contributed by atoms with Gasteiger partial charge in [-0.3, -0.25) is 15.8 Å². The van der Waals surface area contributed by atoms with E-state index in [1.54, 1.807) is 14.0 Å². The summed E-state index contributed by atoms with van der Waals surface area (Å²) in [5.74, 6) is 1.53. The number of nitrogens with one attached hydrogen (secondary N) is 2. The molecule has 1 amide bonds. The number of methoxy groups -OCH3 is 1. The molecule has 6 nitrogen and oxygen atoms in total. The van der Waals surface area contributed by atoms with Gasteiger partial charge in [0.15, 0.2) is 0 Å². The molecular formula is C18H23N3O3. The van der Waals surface area contributed by atoms with Crippen molar-refractivity contribution in [3.8, 4) is 5.75 Å². The molecule has 128 valence electrons. The second kappa shape index (κ2) is 7.29. The van der Waals surface area contributed by atoms with Gasteiger partial charge in [0.25, 0.3) is 0 Å². The number of alkyl carbamates (subject to hydrolysis) is 1. The van der Waals surface area contributed by atoms with Crippen molar-refractivity contribution >= 4 is 11.8 Å². The normalized spacial score (nSPS) is 16.7. The third-order valence-electron chi connectivity index (χ3n) is 3.93. The van der Waals surface area contributed by atoms with Crippen molar-refractivity contribution < 1.29 is 14.3 Å². The number of carbonyl (C=O) groups excluding carboxylic acids is 1. The molecule has 1 saturated carbocycles. The van der Waals surface area contributed by atoms with E-state index in [4.69, 9.17) is 9.47 Å². The number of hydrogen-bond acceptors (Lipinski definition) is 5. The maximum absolute atomic E-state index is 11.7. The second-order valence-electron chi connectivity index (χ2n) is 5.92. The Morgan fingerprint density at radius 3 is 2.71 bits per heavy atom. The molecule has 0 bridgehead atoms. The van der Waals surface area contributed by atoms with Crippen LogP contribution in [-0.4, -0.2) is 31.4 Å². The van der Waals surface area contributed by atoms with Crippen molar-refractivity contribution in [1.29, 1.82) is 0 Å². The van der Waals surface area contributed by atoms with Crippen LogP contribution >= 0.6 is 0 Å². The zero-order valence-electron chi connectivity index (χ0n) is 14.0. The molecule has 3 rings (SSSR count). The fourth-order valence-electron chi connectivity index (χ4n) is 2.53. The van der Waals surface area contributed by atoms with Crippen molar-refractivity contribution in [1.82, 2.24) is 15.8 Å². The maximum atomic E-state index is 11.7. The van der Waals surface area contributed by atoms with E-state index in [0.29, 0.717) is 18.2 Å². The number of rotatable bonds is 6. The summed E-state index contributed by atoms with van der Waals surface area (Å²) in [5.41, 5.74) is 6.05. The number of carbonyl (C=O) groups is 1. The number of nitrogens with zero attached hydrogens (tertiary/aromatic N) is 1. The molecule has 0 unspecified atom stereocenters. The van der Waals surface area contributed by atoms with Crippen LogP contribution in [0.1, 0.15) is 25.3 Å². The predicted octanol–water partition coefficient (Wildman–Crippen LogP) is 2.85. The van der Waals surface area contributed by atoms with E-state index in [0.717, 1.165) is 23.6 Å². The lowest BCUT2D eigenvalue weighted by Gasteiger charge is -2.29. The highest BCUT2D eigenvalue weighted by atomic mass is 16.5. The van der Waals surface area contributed by atoms with Gasteiger partial charge < -0.3 is 9.47 Å². The monoisotopic (exact) mass is 329 g/mol. The summed E-state index contributed by atoms with van der Waals surface area (Å²) in [5, 5.41) is 4.81. The van der Waals surface area contributed by atoms with Crippen molar-refractivity contribution in [3.63, 3.8) is 0 Å². The molecule has 1 heterocycles. The quantitative estimate of drug-likeness (QED) is 0.840. The maximum Gasteiger partial charge on any atom is 0.411 e. The Bertz CT molecular complexity index is 648. The SMILES string of the molecule is CCOC(=O)NC1=CN(CC2CC2)NC(c2ccc(OC)cc2)=C1. The van der Waals surface area contributed by atoms with Crippen LogP contribution in [0.3, 0.4) is 0 Å². The van der Waals surface area contributed by atoms with Gasteiger partial charge in [0.2, 0.25) is 0 Å². The highest BCUT2D eigenvalue weighted by molar-refractivity contribution is 5.74. The first-order valence-corrected chi connectivity index (χ1v) is 8.23. The molecule has 1 aliphatic heterocycles. The Balaban J connectivity index is 1.78. The van der Waals surface area contributed by atoms with Gasteiger partial charge >= 0.3 is 6.09 Å². The minimum atomic E-state index is -0.442. The first kappa shape index (κ1) is 16.2. The molecule has 0 saturated heterocycles. The molecule has 6 heteroatoms. The number of hydrazine groups is 1. The van der Waals surface area contributed by atoms with Gasteiger partial charge in [-0.05, 0) is 61.6 Å². The highest BCUT2D eigenvalue weighted by Gasteiger charge is 2.25. The van der Waals surface area contributed by atoms with Gasteiger partial charge in [0, 0.05) is 12.7 Å². The second-order valence-corrected chi connectivity index (χ2v) is 5.92. The molecule has 2 N–H and O–H groups in total. The first-order valence-electron chi connectivity index (χ1n) is 8.23. The molecular weight excluding hydrogens is 306 g/mol. The lowest BCUT2D eigenvalue weighted by Crippen LogP contribution is -2.38. The average Bonchev–Trinajstić information content (AvgIpc) is 3.39. The van der Waals surface area contributed by atoms with Crippen LogP contribution in [0.25, 0.3) is 5.70 Å². The fourth-order valence-corrected chi connectivity index (χ4v) is 2.53. The van der Waals surface area contributed by atoms with Gasteiger partial charge in [-0.25, -0.2) is 4.79 Å². The van der Waals surface area contributed by atoms with Crippen LogP contribution in [0.2, 0.25) is 0 Å². The molecule has 1 aromatic rings. The van der Waals surface area contributed by atoms with E-state index in [1.807, 2.05) is 41.6 Å². The minimum absolute atomic E-state index is 0.345. The van der Waals surface area contributed by atoms with Crippen molar-refractivity contribution in [2.45, 2.75) is 19.8 Å². The lowest BCUT2D eigenvalue weighted by atomic mass is 10.1. The van der Waals surface area contributed by atoms with Crippen LogP contribution in [-0.2, 0) is 4.74 Å². The Morgan fingerprint density at radius 2 is 2.08 bits per heavy atom. The molecule has 0 atom stereocenters. The number of hydrogen-bond donors (Lipinski definition) is 2. The largest absolute Gasteiger partial charge is 0.497 e. The number of amides is 1. The van der Waals surface area contributed by atoms with E-state index in [-0.39, 0.29) is 0 Å². The van der Waals surface area contributed by atoms with Crippen LogP contribution in [0.15, 0.2) is 42.2 Å². The zero-order chi connectivity index (χ0) is 16.9. The molecule has 1 aromatic carbocycles. The van der Waals surface area contributed by atoms with Crippen LogP contribution < -0.4 is 15.5 Å². The molecule has 0 aromatic heterocycles. The minimum Gasteiger partial charge on any atom is -0.497 e. The summed E-state index contributed by atoms with van der Waals surface area (Å²) >= 11 is 0. The van der Waals surface area contributed by atoms with Gasteiger partial charge in [-0.1, -0.05) is 0 Å². The third kappa shape index (κ3) is 4.22. The molecule has 0 spiro atoms. The fraction of sp³-hybridized carbons (Fsp3) is 0.389. The van der Waals surface area contributed by atoms with Crippen molar-refractivity contribution in [2.75, 3.05) is 20.3 Å². The molecule has 24 heavy (non-hydrogen) atoms. The summed E-state index contributed by atoms with van der Waals surface area (Å²) in [4.78, 5) is 11.7. The number of allylic oxidation sites excluding steroid dienone is 1. The van der Waals surface area contributed by atoms with E-state index in [9.17, 15) is 4.79 Å². The summed E-state index contributed by atoms with van der Waals surface area (Å²) in [7, 11) is 1.65. The smallest absolute Gasteiger partial charge is 0.411 e. The molecule has 2 aliphatic rings. The van der Waals surface area contributed by atoms with E-state index < -0.39 is 6.09 Å². The summed E-state index contributed by atoms with van der Waals surface area (Å²) in [6.07, 6.45) is 5.88. The standard InChI is InChI=1S/C18H23N3O3/c1-3-24-18(22)19-15-10-17(14-6-8-16(23-2)9-7-14)20-21(12-15)11-13-4-5-13/h6-10,12-13,20H,3-5,11H2,1-2H3,(H,19,22). The average molecular weight is 329 g/mol. The van der Waals surface area contributed by atoms with Gasteiger partial charge in [0.1, 0.15) is 5.75 Å². The highest BCUT2D eigenvalue weighted by Crippen LogP contribution is 2.30. The number of benzene rings is 1. The third-order valence-corrected chi connectivity index (χ3v) is 3.93. The summed E-state index contributed by atoms with van der Waals surface area (Å²) < 4.78 is 10.2. The Kier molecular flexibility index (Phi) is 4.93. The zero-order valence-corrected chi connectivity index (χ0v) is 14.0. The molecule has 1 aliphatic carbocycles. The Labute approximate surface area is 142 Å². The molecule has 0 radical (unpaired) electrons. The first-order chi connectivity index (χ1) is 11.7. The van der Waals surface area contributed by atoms with Gasteiger partial charge in [0.05, 0.1) is 25.1 Å². The van der Waals surface area contributed by atoms with Crippen LogP contribution in [0.5, 0.6) is 5.75 Å². The summed E-state index contributed by atoms with van der Waals surface area (Å²) in [6.45, 7) is 3.05. The molecule has 1 fully saturated rings. The van der Waals surface area contributed by atoms with Crippen LogP contribution in [0.4, 0.5) is 4.79 Å². The van der Waals surface area contributed by atoms with Crippen LogP contribution in [0, 0.1) is 5.92 Å². The van der Waals surface area contributed by atoms with E-state index in [1.165, 1.54) is 12.8 Å². The summed E-state index contributed by atoms with van der Waals surface area (Å²) in [6, 6.07) is 7.81. The van der Waals surface area contributed by atoms with E-state index >= 15 is 0 Å². The van der Waals surface area contributed by atoms with Crippen molar-refractivity contribution in [2.24, 2.45) is 5.92 Å². The Hall–Kier alpha value is -2.63. The van der Waals surface area contributed by atoms with Gasteiger partial charge in [-0.15, -0.1) is 0 Å². The lowest BCUT2D eigenvalue weighted by molar-refractivity contribution is 0.155. The van der Waals surface area contributed by atoms with Gasteiger partial charge in [-0.2, -0.15) is 0 Å². The topological polar surface area (TPSA) is 62.8 Å². The number of ether oxygens (including phenoxy) is 2. The van der Waals surface area contributed by atoms with Crippen molar-refractivity contribution in [3.05, 3.63) is 47.8 Å².